The van der Waals surface area contributed by atoms with Gasteiger partial charge in [-0.15, -0.1) is 0 Å². The van der Waals surface area contributed by atoms with Crippen LogP contribution in [0.4, 0.5) is 5.69 Å². The lowest BCUT2D eigenvalue weighted by Crippen LogP contribution is -2.37. The number of benzene rings is 1. The third kappa shape index (κ3) is 3.30. The second kappa shape index (κ2) is 5.53. The molecule has 0 heterocycles. The predicted molar refractivity (Wildman–Crippen MR) is 79.1 cm³/mol. The Morgan fingerprint density at radius 3 is 2.26 bits per heavy atom. The van der Waals surface area contributed by atoms with Crippen LogP contribution in [0.1, 0.15) is 33.1 Å². The number of nitrogens with one attached hydrogen (secondary N) is 1. The molecular weight excluding hydrogens is 258 g/mol. The first-order valence-electron chi connectivity index (χ1n) is 6.95. The van der Waals surface area contributed by atoms with Gasteiger partial charge in [0.25, 0.3) is 0 Å². The highest BCUT2D eigenvalue weighted by Gasteiger charge is 2.28. The van der Waals surface area contributed by atoms with Crippen molar-refractivity contribution in [2.24, 2.45) is 11.8 Å². The van der Waals surface area contributed by atoms with Crippen LogP contribution in [0.5, 0.6) is 0 Å². The van der Waals surface area contributed by atoms with Crippen LogP contribution in [-0.4, -0.2) is 20.7 Å². The molecule has 1 aliphatic rings. The van der Waals surface area contributed by atoms with E-state index in [1.165, 1.54) is 25.5 Å². The summed E-state index contributed by atoms with van der Waals surface area (Å²) in [6.45, 7) is 4.49. The molecule has 0 bridgehead atoms. The van der Waals surface area contributed by atoms with Gasteiger partial charge in [0.2, 0.25) is 0 Å². The summed E-state index contributed by atoms with van der Waals surface area (Å²) in [5.41, 5.74) is 0.746. The first kappa shape index (κ1) is 14.4. The first-order chi connectivity index (χ1) is 8.89. The standard InChI is InChI=1S/C15H23NO2S/c1-11-7-6-8-12(2)15(11)16-13-9-4-5-10-14(13)19(3,17)18/h4-5,9-12,15-16H,6-8H2,1-3H3. The molecule has 2 unspecified atom stereocenters. The Morgan fingerprint density at radius 2 is 1.68 bits per heavy atom. The van der Waals surface area contributed by atoms with Gasteiger partial charge in [0, 0.05) is 12.3 Å². The molecule has 1 aromatic carbocycles. The molecule has 2 atom stereocenters. The van der Waals surface area contributed by atoms with Crippen molar-refractivity contribution in [2.75, 3.05) is 11.6 Å². The summed E-state index contributed by atoms with van der Waals surface area (Å²) in [6, 6.07) is 7.56. The fourth-order valence-electron chi connectivity index (χ4n) is 3.06. The van der Waals surface area contributed by atoms with E-state index in [1.807, 2.05) is 12.1 Å². The van der Waals surface area contributed by atoms with Gasteiger partial charge in [-0.05, 0) is 36.8 Å². The Morgan fingerprint density at radius 1 is 1.11 bits per heavy atom. The fraction of sp³-hybridized carbons (Fsp3) is 0.600. The molecule has 106 valence electrons. The zero-order valence-corrected chi connectivity index (χ0v) is 12.7. The van der Waals surface area contributed by atoms with Gasteiger partial charge in [-0.25, -0.2) is 8.42 Å². The minimum Gasteiger partial charge on any atom is -0.381 e. The Bertz CT molecular complexity index is 529. The molecule has 0 radical (unpaired) electrons. The van der Waals surface area contributed by atoms with E-state index in [4.69, 9.17) is 0 Å². The van der Waals surface area contributed by atoms with Gasteiger partial charge in [-0.3, -0.25) is 0 Å². The van der Waals surface area contributed by atoms with Crippen molar-refractivity contribution in [3.63, 3.8) is 0 Å². The Kier molecular flexibility index (Phi) is 4.19. The SMILES string of the molecule is CC1CCCC(C)C1Nc1ccccc1S(C)(=O)=O. The molecule has 0 aromatic heterocycles. The van der Waals surface area contributed by atoms with Crippen LogP contribution in [0.25, 0.3) is 0 Å². The van der Waals surface area contributed by atoms with Crippen molar-refractivity contribution in [1.29, 1.82) is 0 Å². The van der Waals surface area contributed by atoms with Crippen LogP contribution >= 0.6 is 0 Å². The Labute approximate surface area is 116 Å². The maximum atomic E-state index is 11.8. The van der Waals surface area contributed by atoms with E-state index in [0.29, 0.717) is 22.8 Å². The Balaban J connectivity index is 2.28. The molecule has 0 aliphatic heterocycles. The molecule has 0 spiro atoms. The summed E-state index contributed by atoms with van der Waals surface area (Å²) in [4.78, 5) is 0.403. The first-order valence-corrected chi connectivity index (χ1v) is 8.84. The van der Waals surface area contributed by atoms with Gasteiger partial charge in [0.05, 0.1) is 10.6 Å². The third-order valence-electron chi connectivity index (χ3n) is 4.15. The van der Waals surface area contributed by atoms with E-state index in [2.05, 4.69) is 19.2 Å². The number of sulfone groups is 1. The van der Waals surface area contributed by atoms with E-state index in [0.717, 1.165) is 5.69 Å². The summed E-state index contributed by atoms with van der Waals surface area (Å²) in [6.07, 6.45) is 4.96. The van der Waals surface area contributed by atoms with Crippen molar-refractivity contribution < 1.29 is 8.42 Å². The van der Waals surface area contributed by atoms with E-state index in [1.54, 1.807) is 12.1 Å². The van der Waals surface area contributed by atoms with Crippen molar-refractivity contribution in [3.05, 3.63) is 24.3 Å². The highest BCUT2D eigenvalue weighted by Crippen LogP contribution is 2.32. The number of hydrogen-bond acceptors (Lipinski definition) is 3. The molecule has 1 N–H and O–H groups in total. The largest absolute Gasteiger partial charge is 0.381 e. The van der Waals surface area contributed by atoms with E-state index in [9.17, 15) is 8.42 Å². The summed E-state index contributed by atoms with van der Waals surface area (Å²) in [7, 11) is -3.18. The lowest BCUT2D eigenvalue weighted by atomic mass is 9.78. The molecule has 1 aliphatic carbocycles. The average molecular weight is 281 g/mol. The zero-order chi connectivity index (χ0) is 14.0. The molecule has 2 rings (SSSR count). The zero-order valence-electron chi connectivity index (χ0n) is 11.9. The van der Waals surface area contributed by atoms with Crippen LogP contribution in [-0.2, 0) is 9.84 Å². The summed E-state index contributed by atoms with van der Waals surface area (Å²) >= 11 is 0. The minimum atomic E-state index is -3.18. The van der Waals surface area contributed by atoms with Gasteiger partial charge in [-0.1, -0.05) is 32.4 Å². The normalized spacial score (nSPS) is 28.1. The molecule has 1 aromatic rings. The van der Waals surface area contributed by atoms with Gasteiger partial charge in [0.1, 0.15) is 0 Å². The monoisotopic (exact) mass is 281 g/mol. The van der Waals surface area contributed by atoms with Crippen LogP contribution < -0.4 is 5.32 Å². The lowest BCUT2D eigenvalue weighted by molar-refractivity contribution is 0.268. The van der Waals surface area contributed by atoms with Crippen molar-refractivity contribution in [3.8, 4) is 0 Å². The highest BCUT2D eigenvalue weighted by atomic mass is 32.2. The maximum absolute atomic E-state index is 11.8. The van der Waals surface area contributed by atoms with Gasteiger partial charge in [-0.2, -0.15) is 0 Å². The van der Waals surface area contributed by atoms with Crippen molar-refractivity contribution in [1.82, 2.24) is 0 Å². The number of anilines is 1. The number of hydrogen-bond donors (Lipinski definition) is 1. The van der Waals surface area contributed by atoms with Crippen LogP contribution in [0.3, 0.4) is 0 Å². The molecule has 1 fully saturated rings. The summed E-state index contributed by atoms with van der Waals surface area (Å²) < 4.78 is 23.6. The molecule has 1 saturated carbocycles. The van der Waals surface area contributed by atoms with Crippen LogP contribution in [0.15, 0.2) is 29.2 Å². The minimum absolute atomic E-state index is 0.358. The predicted octanol–water partition coefficient (Wildman–Crippen LogP) is 3.33. The molecular formula is C15H23NO2S. The second-order valence-electron chi connectivity index (χ2n) is 5.82. The van der Waals surface area contributed by atoms with Gasteiger partial charge in [0.15, 0.2) is 9.84 Å². The quantitative estimate of drug-likeness (QED) is 0.924. The van der Waals surface area contributed by atoms with E-state index >= 15 is 0 Å². The molecule has 3 nitrogen and oxygen atoms in total. The second-order valence-corrected chi connectivity index (χ2v) is 7.81. The van der Waals surface area contributed by atoms with Crippen molar-refractivity contribution >= 4 is 15.5 Å². The van der Waals surface area contributed by atoms with E-state index in [-0.39, 0.29) is 0 Å². The average Bonchev–Trinajstić information content (AvgIpc) is 2.33. The molecule has 0 saturated heterocycles. The topological polar surface area (TPSA) is 46.2 Å². The number of para-hydroxylation sites is 1. The molecule has 4 heteroatoms. The van der Waals surface area contributed by atoms with Crippen LogP contribution in [0, 0.1) is 11.8 Å². The summed E-state index contributed by atoms with van der Waals surface area (Å²) in [5.74, 6) is 1.16. The summed E-state index contributed by atoms with van der Waals surface area (Å²) in [5, 5.41) is 3.48. The van der Waals surface area contributed by atoms with Gasteiger partial charge >= 0.3 is 0 Å². The van der Waals surface area contributed by atoms with Gasteiger partial charge < -0.3 is 5.32 Å². The van der Waals surface area contributed by atoms with Crippen molar-refractivity contribution in [2.45, 2.75) is 44.0 Å². The fourth-order valence-corrected chi connectivity index (χ4v) is 3.91. The van der Waals surface area contributed by atoms with E-state index < -0.39 is 9.84 Å². The highest BCUT2D eigenvalue weighted by molar-refractivity contribution is 7.90. The molecule has 0 amide bonds. The molecule has 19 heavy (non-hydrogen) atoms. The maximum Gasteiger partial charge on any atom is 0.177 e. The van der Waals surface area contributed by atoms with Crippen LogP contribution in [0.2, 0.25) is 0 Å². The number of rotatable bonds is 3. The Hall–Kier alpha value is -1.03. The smallest absolute Gasteiger partial charge is 0.177 e. The third-order valence-corrected chi connectivity index (χ3v) is 5.31. The lowest BCUT2D eigenvalue weighted by Gasteiger charge is -2.36.